The third-order valence-corrected chi connectivity index (χ3v) is 5.92. The van der Waals surface area contributed by atoms with Crippen molar-refractivity contribution in [3.05, 3.63) is 58.9 Å². The van der Waals surface area contributed by atoms with Crippen LogP contribution in [0.5, 0.6) is 0 Å². The van der Waals surface area contributed by atoms with E-state index in [1.807, 2.05) is 0 Å². The molecule has 0 bridgehead atoms. The predicted molar refractivity (Wildman–Crippen MR) is 98.2 cm³/mol. The van der Waals surface area contributed by atoms with Gasteiger partial charge < -0.3 is 10.6 Å². The van der Waals surface area contributed by atoms with Gasteiger partial charge >= 0.3 is 0 Å². The number of nitrogens with one attached hydrogen (secondary N) is 2. The van der Waals surface area contributed by atoms with Crippen LogP contribution >= 0.6 is 11.6 Å². The van der Waals surface area contributed by atoms with Gasteiger partial charge in [-0.25, -0.2) is 8.42 Å². The number of benzene rings is 1. The molecule has 1 aromatic heterocycles. The van der Waals surface area contributed by atoms with Crippen molar-refractivity contribution in [3.8, 4) is 0 Å². The molecule has 1 aromatic carbocycles. The van der Waals surface area contributed by atoms with Gasteiger partial charge in [0.25, 0.3) is 11.8 Å². The van der Waals surface area contributed by atoms with Gasteiger partial charge in [0.15, 0.2) is 9.84 Å². The first-order valence-electron chi connectivity index (χ1n) is 7.86. The largest absolute Gasteiger partial charge is 0.348 e. The zero-order valence-electron chi connectivity index (χ0n) is 13.6. The number of hydrogen-bond donors (Lipinski definition) is 2. The Balaban J connectivity index is 1.69. The second kappa shape index (κ2) is 7.43. The molecule has 1 unspecified atom stereocenters. The molecule has 1 fully saturated rings. The van der Waals surface area contributed by atoms with Crippen molar-refractivity contribution >= 4 is 38.9 Å². The first kappa shape index (κ1) is 18.3. The SMILES string of the molecule is O=C(Nc1cccc(Cl)c1)c1cncc(C(=O)NC2CCS(=O)(=O)C2)c1. The second-order valence-corrected chi connectivity index (χ2v) is 8.67. The van der Waals surface area contributed by atoms with Crippen LogP contribution in [0.25, 0.3) is 0 Å². The molecule has 136 valence electrons. The summed E-state index contributed by atoms with van der Waals surface area (Å²) in [6, 6.07) is 7.67. The van der Waals surface area contributed by atoms with Crippen LogP contribution in [-0.4, -0.2) is 42.8 Å². The zero-order chi connectivity index (χ0) is 18.7. The van der Waals surface area contributed by atoms with Gasteiger partial charge in [-0.3, -0.25) is 14.6 Å². The number of halogens is 1. The molecule has 0 spiro atoms. The highest BCUT2D eigenvalue weighted by Crippen LogP contribution is 2.16. The summed E-state index contributed by atoms with van der Waals surface area (Å²) < 4.78 is 22.9. The molecule has 2 N–H and O–H groups in total. The normalized spacial score (nSPS) is 18.3. The molecule has 0 saturated carbocycles. The quantitative estimate of drug-likeness (QED) is 0.825. The van der Waals surface area contributed by atoms with Gasteiger partial charge in [0, 0.05) is 29.1 Å². The monoisotopic (exact) mass is 393 g/mol. The molecular formula is C17H16ClN3O4S. The minimum atomic E-state index is -3.09. The standard InChI is InChI=1S/C17H16ClN3O4S/c18-13-2-1-3-14(7-13)20-16(22)11-6-12(9-19-8-11)17(23)21-15-4-5-26(24,25)10-15/h1-3,6-9,15H,4-5,10H2,(H,20,22)(H,21,23). The summed E-state index contributed by atoms with van der Waals surface area (Å²) in [7, 11) is -3.09. The van der Waals surface area contributed by atoms with Crippen LogP contribution in [0.4, 0.5) is 5.69 Å². The maximum atomic E-state index is 12.3. The summed E-state index contributed by atoms with van der Waals surface area (Å²) in [5.41, 5.74) is 0.915. The summed E-state index contributed by atoms with van der Waals surface area (Å²) in [5, 5.41) is 5.83. The zero-order valence-corrected chi connectivity index (χ0v) is 15.2. The molecule has 0 aliphatic carbocycles. The van der Waals surface area contributed by atoms with Crippen molar-refractivity contribution in [2.75, 3.05) is 16.8 Å². The highest BCUT2D eigenvalue weighted by Gasteiger charge is 2.29. The van der Waals surface area contributed by atoms with Crippen LogP contribution in [-0.2, 0) is 9.84 Å². The van der Waals surface area contributed by atoms with Crippen LogP contribution in [0.1, 0.15) is 27.1 Å². The van der Waals surface area contributed by atoms with E-state index in [0.29, 0.717) is 17.1 Å². The van der Waals surface area contributed by atoms with Gasteiger partial charge in [-0.15, -0.1) is 0 Å². The van der Waals surface area contributed by atoms with E-state index in [9.17, 15) is 18.0 Å². The van der Waals surface area contributed by atoms with Crippen molar-refractivity contribution < 1.29 is 18.0 Å². The Morgan fingerprint density at radius 2 is 1.85 bits per heavy atom. The van der Waals surface area contributed by atoms with Crippen molar-refractivity contribution in [2.24, 2.45) is 0 Å². The number of amides is 2. The molecule has 1 saturated heterocycles. The molecule has 1 aliphatic rings. The smallest absolute Gasteiger partial charge is 0.257 e. The molecule has 1 atom stereocenters. The Labute approximate surface area is 155 Å². The van der Waals surface area contributed by atoms with Crippen molar-refractivity contribution in [2.45, 2.75) is 12.5 Å². The number of rotatable bonds is 4. The maximum Gasteiger partial charge on any atom is 0.257 e. The predicted octanol–water partition coefficient (Wildman–Crippen LogP) is 1.90. The van der Waals surface area contributed by atoms with E-state index >= 15 is 0 Å². The Morgan fingerprint density at radius 3 is 2.50 bits per heavy atom. The molecule has 9 heteroatoms. The van der Waals surface area contributed by atoms with Crippen molar-refractivity contribution in [1.29, 1.82) is 0 Å². The highest BCUT2D eigenvalue weighted by molar-refractivity contribution is 7.91. The molecule has 3 rings (SSSR count). The lowest BCUT2D eigenvalue weighted by atomic mass is 10.1. The van der Waals surface area contributed by atoms with E-state index in [4.69, 9.17) is 11.6 Å². The van der Waals surface area contributed by atoms with Gasteiger partial charge in [0.05, 0.1) is 22.6 Å². The van der Waals surface area contributed by atoms with Crippen LogP contribution < -0.4 is 10.6 Å². The van der Waals surface area contributed by atoms with E-state index in [0.717, 1.165) is 0 Å². The number of hydrogen-bond acceptors (Lipinski definition) is 5. The van der Waals surface area contributed by atoms with Gasteiger partial charge in [-0.1, -0.05) is 17.7 Å². The summed E-state index contributed by atoms with van der Waals surface area (Å²) in [6.45, 7) is 0. The fourth-order valence-electron chi connectivity index (χ4n) is 2.64. The fraction of sp³-hybridized carbons (Fsp3) is 0.235. The molecule has 0 radical (unpaired) electrons. The van der Waals surface area contributed by atoms with Gasteiger partial charge in [0.2, 0.25) is 0 Å². The molecular weight excluding hydrogens is 378 g/mol. The van der Waals surface area contributed by atoms with Crippen LogP contribution in [0, 0.1) is 0 Å². The third-order valence-electron chi connectivity index (χ3n) is 3.91. The Kier molecular flexibility index (Phi) is 5.24. The molecule has 2 aromatic rings. The van der Waals surface area contributed by atoms with Crippen molar-refractivity contribution in [1.82, 2.24) is 10.3 Å². The number of aromatic nitrogens is 1. The average Bonchev–Trinajstić information content (AvgIpc) is 2.93. The maximum absolute atomic E-state index is 12.3. The molecule has 2 amide bonds. The number of pyridine rings is 1. The van der Waals surface area contributed by atoms with Crippen LogP contribution in [0.15, 0.2) is 42.7 Å². The lowest BCUT2D eigenvalue weighted by Gasteiger charge is -2.11. The van der Waals surface area contributed by atoms with Gasteiger partial charge in [0.1, 0.15) is 0 Å². The molecule has 26 heavy (non-hydrogen) atoms. The fourth-order valence-corrected chi connectivity index (χ4v) is 4.50. The molecule has 2 heterocycles. The van der Waals surface area contributed by atoms with Gasteiger partial charge in [-0.2, -0.15) is 0 Å². The first-order valence-corrected chi connectivity index (χ1v) is 10.1. The van der Waals surface area contributed by atoms with Crippen LogP contribution in [0.2, 0.25) is 5.02 Å². The lowest BCUT2D eigenvalue weighted by molar-refractivity contribution is 0.0940. The van der Waals surface area contributed by atoms with E-state index in [-0.39, 0.29) is 22.6 Å². The minimum absolute atomic E-state index is 0.0677. The summed E-state index contributed by atoms with van der Waals surface area (Å²) in [5.74, 6) is -0.894. The lowest BCUT2D eigenvalue weighted by Crippen LogP contribution is -2.35. The third kappa shape index (κ3) is 4.59. The summed E-state index contributed by atoms with van der Waals surface area (Å²) in [4.78, 5) is 28.5. The second-order valence-electron chi connectivity index (χ2n) is 6.00. The van der Waals surface area contributed by atoms with Gasteiger partial charge in [-0.05, 0) is 30.7 Å². The number of anilines is 1. The first-order chi connectivity index (χ1) is 12.3. The summed E-state index contributed by atoms with van der Waals surface area (Å²) in [6.07, 6.45) is 3.06. The highest BCUT2D eigenvalue weighted by atomic mass is 35.5. The molecule has 1 aliphatic heterocycles. The van der Waals surface area contributed by atoms with Crippen molar-refractivity contribution in [3.63, 3.8) is 0 Å². The van der Waals surface area contributed by atoms with E-state index in [2.05, 4.69) is 15.6 Å². The summed E-state index contributed by atoms with van der Waals surface area (Å²) >= 11 is 5.88. The minimum Gasteiger partial charge on any atom is -0.348 e. The average molecular weight is 394 g/mol. The van der Waals surface area contributed by atoms with E-state index in [1.165, 1.54) is 18.5 Å². The van der Waals surface area contributed by atoms with Crippen LogP contribution in [0.3, 0.4) is 0 Å². The number of nitrogens with zero attached hydrogens (tertiary/aromatic N) is 1. The Morgan fingerprint density at radius 1 is 1.12 bits per heavy atom. The van der Waals surface area contributed by atoms with E-state index < -0.39 is 27.7 Å². The number of sulfone groups is 1. The number of carbonyl (C=O) groups excluding carboxylic acids is 2. The number of carbonyl (C=O) groups is 2. The molecule has 7 nitrogen and oxygen atoms in total. The Bertz CT molecular complexity index is 962. The Hall–Kier alpha value is -2.45. The van der Waals surface area contributed by atoms with E-state index in [1.54, 1.807) is 24.3 Å². The topological polar surface area (TPSA) is 105 Å².